The second-order valence-electron chi connectivity index (χ2n) is 20.7. The van der Waals surface area contributed by atoms with Crippen molar-refractivity contribution in [3.63, 3.8) is 0 Å². The molecule has 0 nitrogen and oxygen atoms in total. The molecule has 0 atom stereocenters. The summed E-state index contributed by atoms with van der Waals surface area (Å²) in [5.41, 5.74) is 16.4. The molecule has 0 N–H and O–H groups in total. The maximum atomic E-state index is 2.34. The molecule has 0 aliphatic heterocycles. The predicted molar refractivity (Wildman–Crippen MR) is 333 cm³/mol. The van der Waals surface area contributed by atoms with Crippen molar-refractivity contribution in [1.82, 2.24) is 0 Å². The molecular weight excluding hydrogens is 1170 g/mol. The molecule has 0 bridgehead atoms. The summed E-state index contributed by atoms with van der Waals surface area (Å²) in [6.07, 6.45) is 0. The summed E-state index contributed by atoms with van der Waals surface area (Å²) in [6.45, 7) is 22.5. The summed E-state index contributed by atoms with van der Waals surface area (Å²) in [7, 11) is 0. The Hall–Kier alpha value is -5.02. The number of hydrogen-bond acceptors (Lipinski definition) is 0. The zero-order valence-corrected chi connectivity index (χ0v) is 55.4. The Labute approximate surface area is 509 Å². The van der Waals surface area contributed by atoms with Crippen molar-refractivity contribution in [3.05, 3.63) is 265 Å². The van der Waals surface area contributed by atoms with E-state index in [1.807, 2.05) is 0 Å². The van der Waals surface area contributed by atoms with Crippen LogP contribution >= 0.6 is 0 Å². The molecule has 0 spiro atoms. The number of rotatable bonds is 6. The summed E-state index contributed by atoms with van der Waals surface area (Å²) in [6, 6.07) is 86.7. The first kappa shape index (κ1) is 63.8. The Morgan fingerprint density at radius 1 is 0.308 bits per heavy atom. The van der Waals surface area contributed by atoms with E-state index in [1.165, 1.54) is 110 Å². The maximum absolute atomic E-state index is 2.34. The molecule has 0 radical (unpaired) electrons. The second-order valence-corrected chi connectivity index (χ2v) is 39.4. The van der Waals surface area contributed by atoms with Gasteiger partial charge in [0.1, 0.15) is 0 Å². The fraction of sp³-hybridized carbons (Fsp3) is 0.167. The standard InChI is InChI=1S/2C18H17.2C16H13.2C2H6Si.2ClH.2Zr/c2*1-13(2)16-11-15-9-6-10-17(18(15)12-16)14-7-4-3-5-8-14;2*1-12-10-14-8-5-9-15(16(14)11-12)13-6-3-2-4-7-13;2*1-3-2;;;;/h2*3-13H,1-2H3;2*2-11H,1H3;2*1-2H3;2*1H;;/q4*-1;;;;;2*+2/p-2. The van der Waals surface area contributed by atoms with Crippen molar-refractivity contribution in [3.8, 4) is 44.5 Å². The van der Waals surface area contributed by atoms with Crippen LogP contribution in [0.2, 0.25) is 26.2 Å². The third-order valence-corrected chi connectivity index (χ3v) is 13.0. The molecule has 0 aromatic heterocycles. The third kappa shape index (κ3) is 18.0. The van der Waals surface area contributed by atoms with Gasteiger partial charge in [-0.1, -0.05) is 209 Å². The van der Waals surface area contributed by atoms with E-state index < -0.39 is 0 Å². The van der Waals surface area contributed by atoms with Crippen LogP contribution in [0.4, 0.5) is 0 Å². The van der Waals surface area contributed by atoms with Gasteiger partial charge in [-0.15, -0.1) is 138 Å². The summed E-state index contributed by atoms with van der Waals surface area (Å²) < 4.78 is 0. The van der Waals surface area contributed by atoms with Gasteiger partial charge in [0.05, 0.1) is 0 Å². The molecule has 392 valence electrons. The van der Waals surface area contributed by atoms with Crippen LogP contribution in [0.15, 0.2) is 243 Å². The molecule has 0 heterocycles. The zero-order chi connectivity index (χ0) is 54.1. The fourth-order valence-corrected chi connectivity index (χ4v) is 9.43. The Morgan fingerprint density at radius 3 is 0.756 bits per heavy atom. The molecule has 0 saturated heterocycles. The minimum absolute atomic E-state index is 0. The maximum Gasteiger partial charge on any atom is -0.0279 e. The van der Waals surface area contributed by atoms with E-state index in [2.05, 4.69) is 310 Å². The Morgan fingerprint density at radius 2 is 0.526 bits per heavy atom. The number of aryl methyl sites for hydroxylation is 2. The molecule has 0 aliphatic carbocycles. The minimum Gasteiger partial charge on any atom is -1.00 e. The van der Waals surface area contributed by atoms with Crippen LogP contribution in [0.1, 0.15) is 61.8 Å². The summed E-state index contributed by atoms with van der Waals surface area (Å²) in [5.74, 6) is 1.17. The monoisotopic (exact) mass is 1240 g/mol. The molecule has 0 saturated carbocycles. The molecule has 12 rings (SSSR count). The van der Waals surface area contributed by atoms with Gasteiger partial charge in [0.2, 0.25) is 0 Å². The van der Waals surface area contributed by atoms with Crippen LogP contribution in [0.3, 0.4) is 0 Å². The number of fused-ring (bicyclic) bond motifs is 4. The Bertz CT molecular complexity index is 3490. The van der Waals surface area contributed by atoms with E-state index >= 15 is 0 Å². The van der Waals surface area contributed by atoms with Gasteiger partial charge in [-0.25, -0.2) is 0 Å². The van der Waals surface area contributed by atoms with Crippen molar-refractivity contribution in [2.45, 2.75) is 79.6 Å². The van der Waals surface area contributed by atoms with Gasteiger partial charge in [0.15, 0.2) is 0 Å². The van der Waals surface area contributed by atoms with Crippen molar-refractivity contribution >= 4 is 54.0 Å². The van der Waals surface area contributed by atoms with Crippen LogP contribution in [0.25, 0.3) is 87.6 Å². The molecule has 0 amide bonds. The second kappa shape index (κ2) is 31.7. The summed E-state index contributed by atoms with van der Waals surface area (Å²) >= 11 is 3.48. The molecule has 6 heteroatoms. The van der Waals surface area contributed by atoms with Gasteiger partial charge in [-0.3, -0.25) is 0 Å². The van der Waals surface area contributed by atoms with Gasteiger partial charge < -0.3 is 24.8 Å². The van der Waals surface area contributed by atoms with Crippen molar-refractivity contribution in [2.75, 3.05) is 0 Å². The normalized spacial score (nSPS) is 10.4. The van der Waals surface area contributed by atoms with Crippen LogP contribution in [-0.2, 0) is 46.7 Å². The summed E-state index contributed by atoms with van der Waals surface area (Å²) in [4.78, 5) is 0. The van der Waals surface area contributed by atoms with E-state index in [1.54, 1.807) is 46.7 Å². The molecule has 0 aliphatic rings. The first-order chi connectivity index (χ1) is 36.7. The molecule has 12 aromatic carbocycles. The van der Waals surface area contributed by atoms with E-state index in [0.717, 1.165) is 0 Å². The molecule has 78 heavy (non-hydrogen) atoms. The largest absolute Gasteiger partial charge is 1.00 e. The minimum atomic E-state index is 0. The first-order valence-corrected chi connectivity index (χ1v) is 39.0. The molecule has 12 aromatic rings. The summed E-state index contributed by atoms with van der Waals surface area (Å²) in [5, 5.41) is 10.8. The van der Waals surface area contributed by atoms with Crippen molar-refractivity contribution in [2.24, 2.45) is 0 Å². The van der Waals surface area contributed by atoms with E-state index in [4.69, 9.17) is 0 Å². The van der Waals surface area contributed by atoms with Gasteiger partial charge in [0, 0.05) is 0 Å². The zero-order valence-electron chi connectivity index (χ0n) is 47.0. The van der Waals surface area contributed by atoms with Crippen LogP contribution in [0, 0.1) is 13.8 Å². The van der Waals surface area contributed by atoms with E-state index in [-0.39, 0.29) is 35.7 Å². The Kier molecular flexibility index (Phi) is 25.9. The molecular formula is C72H72Cl2Si2Zr2-2. The van der Waals surface area contributed by atoms with Crippen LogP contribution in [0.5, 0.6) is 0 Å². The predicted octanol–water partition coefficient (Wildman–Crippen LogP) is 15.3. The number of benzene rings is 8. The van der Waals surface area contributed by atoms with Gasteiger partial charge in [-0.05, 0) is 34.1 Å². The first-order valence-electron chi connectivity index (χ1n) is 26.6. The van der Waals surface area contributed by atoms with Crippen molar-refractivity contribution < 1.29 is 71.5 Å². The topological polar surface area (TPSA) is 0 Å². The Balaban J connectivity index is 0.000000182. The average Bonchev–Trinajstić information content (AvgIpc) is 4.31. The van der Waals surface area contributed by atoms with E-state index in [9.17, 15) is 0 Å². The van der Waals surface area contributed by atoms with Crippen molar-refractivity contribution in [1.29, 1.82) is 0 Å². The van der Waals surface area contributed by atoms with Gasteiger partial charge in [-0.2, -0.15) is 24.3 Å². The smallest absolute Gasteiger partial charge is 0.0279 e. The number of hydrogen-bond donors (Lipinski definition) is 0. The quantitative estimate of drug-likeness (QED) is 0.115. The van der Waals surface area contributed by atoms with Crippen LogP contribution in [-0.4, -0.2) is 10.9 Å². The van der Waals surface area contributed by atoms with Gasteiger partial charge >= 0.3 is 83.7 Å². The van der Waals surface area contributed by atoms with Gasteiger partial charge in [0.25, 0.3) is 0 Å². The SMILES string of the molecule is CC(C)c1cc2c(-c3ccccc3)cccc2[cH-]1.CC(C)c1cc2c(-c3ccccc3)cccc2[cH-]1.C[Si](C)=[Zr+2].C[Si](C)=[Zr+2].Cc1cc2c(-c3ccccc3)cccc2[cH-]1.Cc1cc2c(-c3ccccc3)cccc2[cH-]1.[Cl-].[Cl-]. The number of halogens is 2. The van der Waals surface area contributed by atoms with E-state index in [0.29, 0.717) is 11.8 Å². The molecule has 0 unspecified atom stereocenters. The van der Waals surface area contributed by atoms with Crippen LogP contribution < -0.4 is 24.8 Å². The fourth-order valence-electron chi connectivity index (χ4n) is 9.43. The molecule has 0 fully saturated rings. The third-order valence-electron chi connectivity index (χ3n) is 13.0. The average molecular weight is 1250 g/mol.